The van der Waals surface area contributed by atoms with Gasteiger partial charge in [0.1, 0.15) is 5.82 Å². The summed E-state index contributed by atoms with van der Waals surface area (Å²) in [5.41, 5.74) is 2.29. The molecule has 0 unspecified atom stereocenters. The predicted octanol–water partition coefficient (Wildman–Crippen LogP) is 3.55. The molecule has 0 spiro atoms. The summed E-state index contributed by atoms with van der Waals surface area (Å²) < 4.78 is 0.978. The van der Waals surface area contributed by atoms with Crippen molar-refractivity contribution in [3.8, 4) is 11.1 Å². The Morgan fingerprint density at radius 1 is 1.13 bits per heavy atom. The smallest absolute Gasteiger partial charge is 0.140 e. The largest absolute Gasteiger partial charge is 0.372 e. The minimum absolute atomic E-state index is 0.856. The van der Waals surface area contributed by atoms with Gasteiger partial charge in [0.2, 0.25) is 0 Å². The Morgan fingerprint density at radius 3 is 2.47 bits per heavy atom. The Balaban J connectivity index is 2.43. The fourth-order valence-electron chi connectivity index (χ4n) is 1.41. The molecule has 0 fully saturated rings. The van der Waals surface area contributed by atoms with Gasteiger partial charge in [0.15, 0.2) is 0 Å². The van der Waals surface area contributed by atoms with E-state index < -0.39 is 0 Å². The van der Waals surface area contributed by atoms with Crippen LogP contribution in [0.2, 0.25) is 0 Å². The van der Waals surface area contributed by atoms with E-state index in [1.54, 1.807) is 0 Å². The van der Waals surface area contributed by atoms with Gasteiger partial charge in [-0.3, -0.25) is 0 Å². The van der Waals surface area contributed by atoms with E-state index in [9.17, 15) is 0 Å². The maximum atomic E-state index is 4.32. The number of rotatable bonds is 2. The zero-order chi connectivity index (χ0) is 10.7. The number of halogens is 1. The van der Waals surface area contributed by atoms with E-state index in [1.807, 2.05) is 31.4 Å². The van der Waals surface area contributed by atoms with Crippen LogP contribution in [0.3, 0.4) is 0 Å². The van der Waals surface area contributed by atoms with Crippen LogP contribution < -0.4 is 5.32 Å². The highest BCUT2D eigenvalue weighted by atomic mass is 79.9. The third kappa shape index (κ3) is 2.18. The van der Waals surface area contributed by atoms with E-state index in [1.165, 1.54) is 5.56 Å². The molecule has 15 heavy (non-hydrogen) atoms. The number of pyridine rings is 1. The molecule has 0 bridgehead atoms. The lowest BCUT2D eigenvalue weighted by atomic mass is 10.1. The van der Waals surface area contributed by atoms with Crippen molar-refractivity contribution >= 4 is 21.7 Å². The molecule has 76 valence electrons. The van der Waals surface area contributed by atoms with Crippen LogP contribution >= 0.6 is 15.9 Å². The Kier molecular flexibility index (Phi) is 3.02. The Labute approximate surface area is 97.5 Å². The van der Waals surface area contributed by atoms with Gasteiger partial charge in [-0.15, -0.1) is 0 Å². The van der Waals surface area contributed by atoms with E-state index in [4.69, 9.17) is 0 Å². The fourth-order valence-corrected chi connectivity index (χ4v) is 1.96. The maximum Gasteiger partial charge on any atom is 0.140 e. The van der Waals surface area contributed by atoms with E-state index in [-0.39, 0.29) is 0 Å². The molecule has 0 radical (unpaired) electrons. The van der Waals surface area contributed by atoms with Crippen molar-refractivity contribution in [2.45, 2.75) is 0 Å². The average molecular weight is 263 g/mol. The van der Waals surface area contributed by atoms with Gasteiger partial charge in [0, 0.05) is 18.8 Å². The third-order valence-corrected chi connectivity index (χ3v) is 2.79. The highest BCUT2D eigenvalue weighted by Crippen LogP contribution is 2.26. The van der Waals surface area contributed by atoms with Gasteiger partial charge < -0.3 is 5.32 Å². The number of nitrogens with one attached hydrogen (secondary N) is 1. The van der Waals surface area contributed by atoms with Crippen molar-refractivity contribution in [2.24, 2.45) is 0 Å². The van der Waals surface area contributed by atoms with Crippen LogP contribution in [0.15, 0.2) is 47.1 Å². The molecule has 2 rings (SSSR count). The van der Waals surface area contributed by atoms with Crippen molar-refractivity contribution in [2.75, 3.05) is 12.4 Å². The van der Waals surface area contributed by atoms with E-state index in [0.717, 1.165) is 15.9 Å². The molecule has 0 aliphatic carbocycles. The van der Waals surface area contributed by atoms with Crippen LogP contribution in [-0.4, -0.2) is 12.0 Å². The van der Waals surface area contributed by atoms with Crippen molar-refractivity contribution in [1.29, 1.82) is 0 Å². The number of hydrogen-bond acceptors (Lipinski definition) is 2. The van der Waals surface area contributed by atoms with E-state index >= 15 is 0 Å². The molecule has 3 heteroatoms. The predicted molar refractivity (Wildman–Crippen MR) is 66.9 cm³/mol. The average Bonchev–Trinajstić information content (AvgIpc) is 2.30. The summed E-state index contributed by atoms with van der Waals surface area (Å²) in [6.45, 7) is 0. The number of anilines is 1. The van der Waals surface area contributed by atoms with Crippen molar-refractivity contribution < 1.29 is 0 Å². The normalized spacial score (nSPS) is 10.0. The molecule has 2 aromatic rings. The van der Waals surface area contributed by atoms with E-state index in [0.29, 0.717) is 0 Å². The number of hydrogen-bond donors (Lipinski definition) is 1. The first-order chi connectivity index (χ1) is 7.31. The molecule has 1 aromatic carbocycles. The van der Waals surface area contributed by atoms with E-state index in [2.05, 4.69) is 44.4 Å². The fraction of sp³-hybridized carbons (Fsp3) is 0.0833. The summed E-state index contributed by atoms with van der Waals surface area (Å²) in [7, 11) is 1.86. The van der Waals surface area contributed by atoms with Crippen LogP contribution in [-0.2, 0) is 0 Å². The number of aromatic nitrogens is 1. The Bertz CT molecular complexity index is 454. The zero-order valence-electron chi connectivity index (χ0n) is 8.37. The topological polar surface area (TPSA) is 24.9 Å². The van der Waals surface area contributed by atoms with Crippen molar-refractivity contribution in [3.05, 3.63) is 47.1 Å². The molecule has 2 nitrogen and oxygen atoms in total. The van der Waals surface area contributed by atoms with Crippen LogP contribution in [0.5, 0.6) is 0 Å². The van der Waals surface area contributed by atoms with Gasteiger partial charge in [-0.1, -0.05) is 30.3 Å². The Morgan fingerprint density at radius 2 is 1.87 bits per heavy atom. The molecule has 0 aliphatic rings. The quantitative estimate of drug-likeness (QED) is 0.896. The monoisotopic (exact) mass is 262 g/mol. The first-order valence-electron chi connectivity index (χ1n) is 4.70. The van der Waals surface area contributed by atoms with Gasteiger partial charge >= 0.3 is 0 Å². The summed E-state index contributed by atoms with van der Waals surface area (Å²) >= 11 is 3.48. The van der Waals surface area contributed by atoms with Gasteiger partial charge in [-0.25, -0.2) is 4.98 Å². The molecular weight excluding hydrogens is 252 g/mol. The standard InChI is InChI=1S/C12H11BrN2/c1-14-12-11(13)7-10(8-15-12)9-5-3-2-4-6-9/h2-8H,1H3,(H,14,15). The molecule has 0 atom stereocenters. The second kappa shape index (κ2) is 4.45. The van der Waals surface area contributed by atoms with Crippen LogP contribution in [0.1, 0.15) is 0 Å². The maximum absolute atomic E-state index is 4.32. The lowest BCUT2D eigenvalue weighted by Gasteiger charge is -2.05. The summed E-state index contributed by atoms with van der Waals surface area (Å²) in [6, 6.07) is 12.3. The highest BCUT2D eigenvalue weighted by Gasteiger charge is 2.02. The first-order valence-corrected chi connectivity index (χ1v) is 5.49. The minimum Gasteiger partial charge on any atom is -0.372 e. The molecule has 0 aliphatic heterocycles. The lowest BCUT2D eigenvalue weighted by molar-refractivity contribution is 1.27. The molecule has 1 heterocycles. The highest BCUT2D eigenvalue weighted by molar-refractivity contribution is 9.10. The molecular formula is C12H11BrN2. The van der Waals surface area contributed by atoms with Gasteiger partial charge in [0.25, 0.3) is 0 Å². The minimum atomic E-state index is 0.856. The second-order valence-corrected chi connectivity index (χ2v) is 4.02. The summed E-state index contributed by atoms with van der Waals surface area (Å²) in [5.74, 6) is 0.856. The van der Waals surface area contributed by atoms with Crippen LogP contribution in [0.25, 0.3) is 11.1 Å². The second-order valence-electron chi connectivity index (χ2n) is 3.17. The molecule has 1 aromatic heterocycles. The van der Waals surface area contributed by atoms with Gasteiger partial charge in [0.05, 0.1) is 4.47 Å². The number of nitrogens with zero attached hydrogens (tertiary/aromatic N) is 1. The van der Waals surface area contributed by atoms with Crippen LogP contribution in [0.4, 0.5) is 5.82 Å². The Hall–Kier alpha value is -1.35. The summed E-state index contributed by atoms with van der Waals surface area (Å²) in [5, 5.41) is 3.02. The van der Waals surface area contributed by atoms with Gasteiger partial charge in [-0.05, 0) is 27.6 Å². The molecule has 1 N–H and O–H groups in total. The zero-order valence-corrected chi connectivity index (χ0v) is 9.95. The first kappa shape index (κ1) is 10.2. The summed E-state index contributed by atoms with van der Waals surface area (Å²) in [6.07, 6.45) is 1.87. The van der Waals surface area contributed by atoms with Crippen LogP contribution in [0, 0.1) is 0 Å². The van der Waals surface area contributed by atoms with Crippen molar-refractivity contribution in [3.63, 3.8) is 0 Å². The molecule has 0 saturated carbocycles. The summed E-state index contributed by atoms with van der Waals surface area (Å²) in [4.78, 5) is 4.32. The van der Waals surface area contributed by atoms with Gasteiger partial charge in [-0.2, -0.15) is 0 Å². The lowest BCUT2D eigenvalue weighted by Crippen LogP contribution is -1.93. The molecule has 0 amide bonds. The SMILES string of the molecule is CNc1ncc(-c2ccccc2)cc1Br. The molecule has 0 saturated heterocycles. The third-order valence-electron chi connectivity index (χ3n) is 2.19. The number of benzene rings is 1. The van der Waals surface area contributed by atoms with Crippen molar-refractivity contribution in [1.82, 2.24) is 4.98 Å².